The first-order valence-electron chi connectivity index (χ1n) is 14.3. The van der Waals surface area contributed by atoms with Crippen molar-refractivity contribution in [1.82, 2.24) is 14.9 Å². The molecule has 1 saturated heterocycles. The minimum absolute atomic E-state index is 0.0284. The quantitative estimate of drug-likeness (QED) is 0.378. The van der Waals surface area contributed by atoms with E-state index in [-0.39, 0.29) is 41.8 Å². The number of nitrogens with one attached hydrogen (secondary N) is 2. The van der Waals surface area contributed by atoms with Crippen molar-refractivity contribution in [2.75, 3.05) is 62.1 Å². The van der Waals surface area contributed by atoms with Crippen molar-refractivity contribution in [1.29, 1.82) is 0 Å². The second kappa shape index (κ2) is 11.9. The Morgan fingerprint density at radius 1 is 1.12 bits per heavy atom. The highest BCUT2D eigenvalue weighted by Gasteiger charge is 2.66. The Morgan fingerprint density at radius 3 is 2.40 bits per heavy atom. The van der Waals surface area contributed by atoms with Gasteiger partial charge in [0.2, 0.25) is 15.9 Å². The zero-order chi connectivity index (χ0) is 29.3. The van der Waals surface area contributed by atoms with Crippen molar-refractivity contribution >= 4 is 31.5 Å². The minimum Gasteiger partial charge on any atom is -0.369 e. The van der Waals surface area contributed by atoms with Crippen LogP contribution in [0.25, 0.3) is 0 Å². The second-order valence-electron chi connectivity index (χ2n) is 12.5. The molecular weight excluding hydrogens is 555 g/mol. The molecular formula is C28H45FN4O5S2. The number of halogens is 1. The SMILES string of the molecule is Cc1ccccc1N1CCN(S(=O)(=O)CC23CCC(CC2NC(=O)[C@H](CCS(C)(=O)=O)NCCF)C3(C)C)CC1. The molecule has 4 atom stereocenters. The van der Waals surface area contributed by atoms with Gasteiger partial charge in [-0.2, -0.15) is 4.31 Å². The van der Waals surface area contributed by atoms with E-state index in [0.29, 0.717) is 39.0 Å². The number of amides is 1. The van der Waals surface area contributed by atoms with Gasteiger partial charge in [0.1, 0.15) is 16.5 Å². The molecule has 0 aromatic heterocycles. The molecule has 2 bridgehead atoms. The van der Waals surface area contributed by atoms with E-state index in [4.69, 9.17) is 0 Å². The van der Waals surface area contributed by atoms with E-state index in [1.165, 1.54) is 0 Å². The maximum absolute atomic E-state index is 13.9. The smallest absolute Gasteiger partial charge is 0.237 e. The number of carbonyl (C=O) groups excluding carboxylic acids is 1. The molecule has 226 valence electrons. The number of sulfone groups is 1. The molecule has 3 unspecified atom stereocenters. The van der Waals surface area contributed by atoms with E-state index in [2.05, 4.69) is 48.4 Å². The van der Waals surface area contributed by atoms with E-state index in [9.17, 15) is 26.0 Å². The Balaban J connectivity index is 1.48. The van der Waals surface area contributed by atoms with E-state index in [1.54, 1.807) is 4.31 Å². The maximum atomic E-state index is 13.9. The fourth-order valence-electron chi connectivity index (χ4n) is 7.32. The molecule has 0 spiro atoms. The molecule has 40 heavy (non-hydrogen) atoms. The summed E-state index contributed by atoms with van der Waals surface area (Å²) >= 11 is 0. The van der Waals surface area contributed by atoms with Crippen LogP contribution in [0.3, 0.4) is 0 Å². The van der Waals surface area contributed by atoms with E-state index in [1.807, 2.05) is 12.1 Å². The van der Waals surface area contributed by atoms with Crippen molar-refractivity contribution in [3.63, 3.8) is 0 Å². The van der Waals surface area contributed by atoms with Gasteiger partial charge in [0.15, 0.2) is 0 Å². The van der Waals surface area contributed by atoms with Crippen molar-refractivity contribution in [3.8, 4) is 0 Å². The Bertz CT molecular complexity index is 1280. The zero-order valence-corrected chi connectivity index (χ0v) is 25.8. The normalized spacial score (nSPS) is 27.6. The van der Waals surface area contributed by atoms with Crippen LogP contribution in [0.15, 0.2) is 24.3 Å². The molecule has 2 aliphatic carbocycles. The number of rotatable bonds is 12. The highest BCUT2D eigenvalue weighted by Crippen LogP contribution is 2.66. The molecule has 1 amide bonds. The minimum atomic E-state index is -3.62. The van der Waals surface area contributed by atoms with Gasteiger partial charge in [-0.3, -0.25) is 4.79 Å². The second-order valence-corrected chi connectivity index (χ2v) is 16.7. The maximum Gasteiger partial charge on any atom is 0.237 e. The number of nitrogens with zero attached hydrogens (tertiary/aromatic N) is 2. The number of anilines is 1. The van der Waals surface area contributed by atoms with Crippen LogP contribution in [0.1, 0.15) is 45.1 Å². The Hall–Kier alpha value is -1.76. The van der Waals surface area contributed by atoms with Gasteiger partial charge in [0.25, 0.3) is 0 Å². The predicted octanol–water partition coefficient (Wildman–Crippen LogP) is 2.12. The number of alkyl halides is 1. The van der Waals surface area contributed by atoms with Crippen LogP contribution in [0.5, 0.6) is 0 Å². The molecule has 1 aliphatic heterocycles. The molecule has 3 fully saturated rings. The predicted molar refractivity (Wildman–Crippen MR) is 156 cm³/mol. The van der Waals surface area contributed by atoms with Gasteiger partial charge in [-0.25, -0.2) is 21.2 Å². The van der Waals surface area contributed by atoms with E-state index >= 15 is 0 Å². The number of hydrogen-bond acceptors (Lipinski definition) is 7. The van der Waals surface area contributed by atoms with Crippen molar-refractivity contribution < 1.29 is 26.0 Å². The summed E-state index contributed by atoms with van der Waals surface area (Å²) in [6.07, 6.45) is 3.42. The highest BCUT2D eigenvalue weighted by atomic mass is 32.2. The summed E-state index contributed by atoms with van der Waals surface area (Å²) in [5.41, 5.74) is 1.36. The first-order chi connectivity index (χ1) is 18.7. The molecule has 4 rings (SSSR count). The van der Waals surface area contributed by atoms with Crippen LogP contribution in [-0.4, -0.2) is 96.3 Å². The summed E-state index contributed by atoms with van der Waals surface area (Å²) in [4.78, 5) is 15.6. The number of aryl methyl sites for hydroxylation is 1. The van der Waals surface area contributed by atoms with Crippen molar-refractivity contribution in [3.05, 3.63) is 29.8 Å². The molecule has 1 aromatic rings. The van der Waals surface area contributed by atoms with Gasteiger partial charge in [-0.1, -0.05) is 32.0 Å². The third kappa shape index (κ3) is 6.34. The average Bonchev–Trinajstić information content (AvgIpc) is 3.23. The number of para-hydroxylation sites is 1. The van der Waals surface area contributed by atoms with Gasteiger partial charge in [0, 0.05) is 56.1 Å². The molecule has 1 aromatic carbocycles. The lowest BCUT2D eigenvalue weighted by Gasteiger charge is -2.44. The molecule has 0 radical (unpaired) electrons. The third-order valence-corrected chi connectivity index (χ3v) is 12.9. The number of benzene rings is 1. The summed E-state index contributed by atoms with van der Waals surface area (Å²) in [6.45, 7) is 7.61. The lowest BCUT2D eigenvalue weighted by Crippen LogP contribution is -2.58. The number of fused-ring (bicyclic) bond motifs is 2. The topological polar surface area (TPSA) is 116 Å². The van der Waals surface area contributed by atoms with Crippen molar-refractivity contribution in [2.45, 2.75) is 58.5 Å². The van der Waals surface area contributed by atoms with Gasteiger partial charge in [-0.15, -0.1) is 0 Å². The molecule has 12 heteroatoms. The Morgan fingerprint density at radius 2 is 1.80 bits per heavy atom. The van der Waals surface area contributed by atoms with Crippen LogP contribution in [0.2, 0.25) is 0 Å². The van der Waals surface area contributed by atoms with Crippen LogP contribution >= 0.6 is 0 Å². The number of piperazine rings is 1. The van der Waals surface area contributed by atoms with E-state index in [0.717, 1.165) is 23.9 Å². The Labute approximate surface area is 239 Å². The van der Waals surface area contributed by atoms with Gasteiger partial charge in [0.05, 0.1) is 17.5 Å². The molecule has 3 aliphatic rings. The summed E-state index contributed by atoms with van der Waals surface area (Å²) in [5, 5.41) is 5.93. The zero-order valence-electron chi connectivity index (χ0n) is 24.2. The highest BCUT2D eigenvalue weighted by molar-refractivity contribution is 7.90. The summed E-state index contributed by atoms with van der Waals surface area (Å²) in [5.74, 6) is -0.352. The van der Waals surface area contributed by atoms with Gasteiger partial charge >= 0.3 is 0 Å². The van der Waals surface area contributed by atoms with Crippen LogP contribution < -0.4 is 15.5 Å². The molecule has 2 saturated carbocycles. The Kier molecular flexibility index (Phi) is 9.24. The number of hydrogen-bond donors (Lipinski definition) is 2. The van der Waals surface area contributed by atoms with Crippen LogP contribution in [-0.2, 0) is 24.7 Å². The summed E-state index contributed by atoms with van der Waals surface area (Å²) < 4.78 is 65.8. The fourth-order valence-corrected chi connectivity index (χ4v) is 10.3. The monoisotopic (exact) mass is 600 g/mol. The van der Waals surface area contributed by atoms with Crippen LogP contribution in [0.4, 0.5) is 10.1 Å². The molecule has 1 heterocycles. The first kappa shape index (κ1) is 31.2. The molecule has 9 nitrogen and oxygen atoms in total. The summed E-state index contributed by atoms with van der Waals surface area (Å²) in [7, 11) is -6.93. The largest absolute Gasteiger partial charge is 0.369 e. The number of sulfonamides is 1. The average molecular weight is 601 g/mol. The lowest BCUT2D eigenvalue weighted by atomic mass is 9.69. The van der Waals surface area contributed by atoms with Crippen LogP contribution in [0, 0.1) is 23.7 Å². The van der Waals surface area contributed by atoms with E-state index < -0.39 is 43.9 Å². The third-order valence-electron chi connectivity index (χ3n) is 9.85. The standard InChI is InChI=1S/C28H45FN4O5S2/c1-21-7-5-6-8-24(21)32-14-16-33(17-15-32)40(37,38)20-28-11-9-22(27(28,2)3)19-25(28)31-26(34)23(30-13-12-29)10-18-39(4,35)36/h5-8,22-23,25,30H,9-20H2,1-4H3,(H,31,34)/t22?,23-,25?,28?/m0/s1. The number of carbonyl (C=O) groups is 1. The van der Waals surface area contributed by atoms with Crippen molar-refractivity contribution in [2.24, 2.45) is 16.7 Å². The van der Waals surface area contributed by atoms with Gasteiger partial charge in [-0.05, 0) is 55.6 Å². The summed E-state index contributed by atoms with van der Waals surface area (Å²) in [6, 6.07) is 6.90. The van der Waals surface area contributed by atoms with Gasteiger partial charge < -0.3 is 15.5 Å². The molecule has 2 N–H and O–H groups in total. The lowest BCUT2D eigenvalue weighted by molar-refractivity contribution is -0.125. The first-order valence-corrected chi connectivity index (χ1v) is 17.9. The fraction of sp³-hybridized carbons (Fsp3) is 0.750.